The van der Waals surface area contributed by atoms with Crippen molar-refractivity contribution in [1.29, 1.82) is 0 Å². The van der Waals surface area contributed by atoms with Gasteiger partial charge in [0, 0.05) is 22.5 Å². The normalized spacial score (nSPS) is 17.7. The standard InChI is InChI=1S/C15H22N2OS/c1-17(2)15(8-3-4-9-15)11-16-14(18)12-6-5-7-13(19)10-12/h5-7,10,19H,3-4,8-9,11H2,1-2H3,(H,16,18). The molecule has 104 valence electrons. The summed E-state index contributed by atoms with van der Waals surface area (Å²) in [5.74, 6) is -0.0102. The first-order chi connectivity index (χ1) is 9.03. The lowest BCUT2D eigenvalue weighted by molar-refractivity contribution is 0.0900. The minimum Gasteiger partial charge on any atom is -0.350 e. The van der Waals surface area contributed by atoms with E-state index in [2.05, 4.69) is 36.9 Å². The van der Waals surface area contributed by atoms with Gasteiger partial charge in [0.1, 0.15) is 0 Å². The Morgan fingerprint density at radius 3 is 2.63 bits per heavy atom. The summed E-state index contributed by atoms with van der Waals surface area (Å²) in [5, 5.41) is 3.08. The minimum atomic E-state index is -0.0102. The van der Waals surface area contributed by atoms with Crippen molar-refractivity contribution in [2.24, 2.45) is 0 Å². The zero-order valence-corrected chi connectivity index (χ0v) is 12.5. The molecule has 0 bridgehead atoms. The summed E-state index contributed by atoms with van der Waals surface area (Å²) < 4.78 is 0. The summed E-state index contributed by atoms with van der Waals surface area (Å²) >= 11 is 4.27. The molecule has 0 radical (unpaired) electrons. The molecule has 1 N–H and O–H groups in total. The Morgan fingerprint density at radius 1 is 1.37 bits per heavy atom. The number of benzene rings is 1. The van der Waals surface area contributed by atoms with Crippen LogP contribution < -0.4 is 5.32 Å². The molecule has 0 atom stereocenters. The Bertz CT molecular complexity index is 453. The van der Waals surface area contributed by atoms with Crippen molar-refractivity contribution in [3.05, 3.63) is 29.8 Å². The van der Waals surface area contributed by atoms with Crippen molar-refractivity contribution < 1.29 is 4.79 Å². The van der Waals surface area contributed by atoms with Gasteiger partial charge in [-0.05, 0) is 45.1 Å². The van der Waals surface area contributed by atoms with E-state index in [0.717, 1.165) is 24.3 Å². The van der Waals surface area contributed by atoms with Gasteiger partial charge in [0.05, 0.1) is 0 Å². The molecule has 0 aromatic heterocycles. The Morgan fingerprint density at radius 2 is 2.05 bits per heavy atom. The molecule has 0 spiro atoms. The Balaban J connectivity index is 2.00. The third-order valence-corrected chi connectivity index (χ3v) is 4.45. The van der Waals surface area contributed by atoms with E-state index in [0.29, 0.717) is 5.56 Å². The number of carbonyl (C=O) groups excluding carboxylic acids is 1. The van der Waals surface area contributed by atoms with Gasteiger partial charge in [-0.3, -0.25) is 4.79 Å². The molecule has 0 saturated heterocycles. The zero-order valence-electron chi connectivity index (χ0n) is 11.6. The van der Waals surface area contributed by atoms with Gasteiger partial charge in [-0.1, -0.05) is 18.9 Å². The van der Waals surface area contributed by atoms with Crippen molar-refractivity contribution in [3.63, 3.8) is 0 Å². The molecule has 1 fully saturated rings. The predicted octanol–water partition coefficient (Wildman–Crippen LogP) is 2.58. The van der Waals surface area contributed by atoms with Gasteiger partial charge in [0.2, 0.25) is 0 Å². The molecule has 0 unspecified atom stereocenters. The number of nitrogens with one attached hydrogen (secondary N) is 1. The molecule has 1 amide bonds. The fraction of sp³-hybridized carbons (Fsp3) is 0.533. The number of thiol groups is 1. The Hall–Kier alpha value is -1.00. The van der Waals surface area contributed by atoms with Crippen LogP contribution >= 0.6 is 12.6 Å². The van der Waals surface area contributed by atoms with Crippen LogP contribution in [0.4, 0.5) is 0 Å². The van der Waals surface area contributed by atoms with Crippen molar-refractivity contribution in [2.45, 2.75) is 36.1 Å². The second-order valence-corrected chi connectivity index (χ2v) is 6.08. The predicted molar refractivity (Wildman–Crippen MR) is 80.9 cm³/mol. The third-order valence-electron chi connectivity index (χ3n) is 4.17. The fourth-order valence-electron chi connectivity index (χ4n) is 2.81. The van der Waals surface area contributed by atoms with E-state index in [1.165, 1.54) is 12.8 Å². The molecule has 1 aromatic rings. The number of hydrogen-bond acceptors (Lipinski definition) is 3. The monoisotopic (exact) mass is 278 g/mol. The van der Waals surface area contributed by atoms with Crippen LogP contribution in [0.15, 0.2) is 29.2 Å². The summed E-state index contributed by atoms with van der Waals surface area (Å²) in [5.41, 5.74) is 0.813. The second kappa shape index (κ2) is 5.97. The average molecular weight is 278 g/mol. The summed E-state index contributed by atoms with van der Waals surface area (Å²) in [6, 6.07) is 7.36. The van der Waals surface area contributed by atoms with Crippen LogP contribution in [-0.2, 0) is 0 Å². The SMILES string of the molecule is CN(C)C1(CNC(=O)c2cccc(S)c2)CCCC1. The smallest absolute Gasteiger partial charge is 0.251 e. The van der Waals surface area contributed by atoms with Gasteiger partial charge in [-0.2, -0.15) is 0 Å². The highest BCUT2D eigenvalue weighted by molar-refractivity contribution is 7.80. The highest BCUT2D eigenvalue weighted by Gasteiger charge is 2.36. The van der Waals surface area contributed by atoms with Crippen LogP contribution in [0.25, 0.3) is 0 Å². The van der Waals surface area contributed by atoms with E-state index in [1.807, 2.05) is 18.2 Å². The molecule has 1 aliphatic carbocycles. The molecule has 1 saturated carbocycles. The molecule has 2 rings (SSSR count). The molecule has 4 heteroatoms. The van der Waals surface area contributed by atoms with E-state index in [1.54, 1.807) is 6.07 Å². The number of amides is 1. The van der Waals surface area contributed by atoms with Crippen molar-refractivity contribution in [2.75, 3.05) is 20.6 Å². The highest BCUT2D eigenvalue weighted by atomic mass is 32.1. The van der Waals surface area contributed by atoms with Crippen molar-refractivity contribution in [1.82, 2.24) is 10.2 Å². The van der Waals surface area contributed by atoms with E-state index in [4.69, 9.17) is 0 Å². The first kappa shape index (κ1) is 14.4. The minimum absolute atomic E-state index is 0.0102. The lowest BCUT2D eigenvalue weighted by Crippen LogP contribution is -2.50. The number of likely N-dealkylation sites (N-methyl/N-ethyl adjacent to an activating group) is 1. The first-order valence-corrected chi connectivity index (χ1v) is 7.23. The van der Waals surface area contributed by atoms with Crippen LogP contribution in [0.1, 0.15) is 36.0 Å². The van der Waals surface area contributed by atoms with Crippen molar-refractivity contribution >= 4 is 18.5 Å². The molecule has 19 heavy (non-hydrogen) atoms. The zero-order chi connectivity index (χ0) is 13.9. The number of rotatable bonds is 4. The van der Waals surface area contributed by atoms with Crippen LogP contribution in [0.2, 0.25) is 0 Å². The molecule has 1 aliphatic rings. The maximum Gasteiger partial charge on any atom is 0.251 e. The van der Waals surface area contributed by atoms with Crippen LogP contribution in [0, 0.1) is 0 Å². The van der Waals surface area contributed by atoms with E-state index in [-0.39, 0.29) is 11.4 Å². The quantitative estimate of drug-likeness (QED) is 0.830. The molecule has 0 heterocycles. The maximum atomic E-state index is 12.2. The topological polar surface area (TPSA) is 32.3 Å². The van der Waals surface area contributed by atoms with Gasteiger partial charge >= 0.3 is 0 Å². The van der Waals surface area contributed by atoms with Gasteiger partial charge in [0.25, 0.3) is 5.91 Å². The average Bonchev–Trinajstić information content (AvgIpc) is 2.86. The Labute approximate surface area is 120 Å². The lowest BCUT2D eigenvalue weighted by atomic mass is 9.96. The van der Waals surface area contributed by atoms with Gasteiger partial charge in [-0.25, -0.2) is 0 Å². The van der Waals surface area contributed by atoms with Crippen LogP contribution in [0.3, 0.4) is 0 Å². The molecule has 3 nitrogen and oxygen atoms in total. The second-order valence-electron chi connectivity index (χ2n) is 5.56. The molecular weight excluding hydrogens is 256 g/mol. The molecular formula is C15H22N2OS. The summed E-state index contributed by atoms with van der Waals surface area (Å²) in [4.78, 5) is 15.2. The summed E-state index contributed by atoms with van der Waals surface area (Å²) in [6.45, 7) is 0.718. The largest absolute Gasteiger partial charge is 0.350 e. The van der Waals surface area contributed by atoms with E-state index >= 15 is 0 Å². The maximum absolute atomic E-state index is 12.2. The van der Waals surface area contributed by atoms with Gasteiger partial charge in [0.15, 0.2) is 0 Å². The van der Waals surface area contributed by atoms with Gasteiger partial charge in [-0.15, -0.1) is 12.6 Å². The molecule has 0 aliphatic heterocycles. The van der Waals surface area contributed by atoms with Crippen molar-refractivity contribution in [3.8, 4) is 0 Å². The Kier molecular flexibility index (Phi) is 4.53. The first-order valence-electron chi connectivity index (χ1n) is 6.78. The lowest BCUT2D eigenvalue weighted by Gasteiger charge is -2.36. The van der Waals surface area contributed by atoms with Gasteiger partial charge < -0.3 is 10.2 Å². The molecule has 1 aromatic carbocycles. The summed E-state index contributed by atoms with van der Waals surface area (Å²) in [7, 11) is 4.21. The fourth-order valence-corrected chi connectivity index (χ4v) is 3.03. The van der Waals surface area contributed by atoms with E-state index < -0.39 is 0 Å². The summed E-state index contributed by atoms with van der Waals surface area (Å²) in [6.07, 6.45) is 4.82. The van der Waals surface area contributed by atoms with Crippen LogP contribution in [-0.4, -0.2) is 37.0 Å². The van der Waals surface area contributed by atoms with E-state index in [9.17, 15) is 4.79 Å². The third kappa shape index (κ3) is 3.31. The highest BCUT2D eigenvalue weighted by Crippen LogP contribution is 2.33. The van der Waals surface area contributed by atoms with Crippen LogP contribution in [0.5, 0.6) is 0 Å². The number of carbonyl (C=O) groups is 1. The number of nitrogens with zero attached hydrogens (tertiary/aromatic N) is 1. The number of hydrogen-bond donors (Lipinski definition) is 2.